The van der Waals surface area contributed by atoms with Crippen molar-refractivity contribution in [2.45, 2.75) is 6.04 Å². The molecule has 1 heterocycles. The highest BCUT2D eigenvalue weighted by atomic mass is 16.5. The predicted octanol–water partition coefficient (Wildman–Crippen LogP) is 0.857. The summed E-state index contributed by atoms with van der Waals surface area (Å²) in [6.07, 6.45) is 0. The average molecular weight is 206 g/mol. The van der Waals surface area contributed by atoms with E-state index >= 15 is 0 Å². The van der Waals surface area contributed by atoms with Gasteiger partial charge in [0.05, 0.1) is 19.3 Å². The van der Waals surface area contributed by atoms with Crippen LogP contribution in [0.5, 0.6) is 0 Å². The topological polar surface area (TPSA) is 50.4 Å². The van der Waals surface area contributed by atoms with Crippen molar-refractivity contribution in [1.82, 2.24) is 5.32 Å². The maximum atomic E-state index is 11.3. The minimum absolute atomic E-state index is 0.0615. The molecule has 1 aliphatic rings. The standard InChI is InChI=1S/C11H14N2O2/c1-12-11(14)8-2-4-9(5-3-8)13-10-6-15-7-10/h2-5,10,13H,6-7H2,1H3,(H,12,14). The number of hydrogen-bond donors (Lipinski definition) is 2. The number of carbonyl (C=O) groups is 1. The molecule has 0 spiro atoms. The van der Waals surface area contributed by atoms with Crippen molar-refractivity contribution in [2.75, 3.05) is 25.6 Å². The summed E-state index contributed by atoms with van der Waals surface area (Å²) in [7, 11) is 1.63. The van der Waals surface area contributed by atoms with E-state index in [1.165, 1.54) is 0 Å². The van der Waals surface area contributed by atoms with E-state index in [4.69, 9.17) is 4.74 Å². The second-order valence-electron chi connectivity index (χ2n) is 3.54. The minimum Gasteiger partial charge on any atom is -0.378 e. The summed E-state index contributed by atoms with van der Waals surface area (Å²) in [6, 6.07) is 7.84. The number of rotatable bonds is 3. The lowest BCUT2D eigenvalue weighted by Gasteiger charge is -2.27. The van der Waals surface area contributed by atoms with E-state index in [0.29, 0.717) is 11.6 Å². The zero-order valence-corrected chi connectivity index (χ0v) is 8.62. The van der Waals surface area contributed by atoms with Gasteiger partial charge in [-0.15, -0.1) is 0 Å². The molecule has 1 aromatic carbocycles. The van der Waals surface area contributed by atoms with Crippen molar-refractivity contribution in [3.63, 3.8) is 0 Å². The van der Waals surface area contributed by atoms with Gasteiger partial charge in [-0.2, -0.15) is 0 Å². The van der Waals surface area contributed by atoms with Gasteiger partial charge < -0.3 is 15.4 Å². The van der Waals surface area contributed by atoms with Gasteiger partial charge in [0, 0.05) is 18.3 Å². The molecule has 0 aromatic heterocycles. The monoisotopic (exact) mass is 206 g/mol. The molecule has 1 aromatic rings. The molecule has 1 amide bonds. The van der Waals surface area contributed by atoms with Crippen molar-refractivity contribution < 1.29 is 9.53 Å². The zero-order valence-electron chi connectivity index (χ0n) is 8.62. The number of carbonyl (C=O) groups excluding carboxylic acids is 1. The highest BCUT2D eigenvalue weighted by Gasteiger charge is 2.17. The van der Waals surface area contributed by atoms with Gasteiger partial charge in [0.1, 0.15) is 0 Å². The first-order valence-electron chi connectivity index (χ1n) is 4.96. The fraction of sp³-hybridized carbons (Fsp3) is 0.364. The predicted molar refractivity (Wildman–Crippen MR) is 58.1 cm³/mol. The summed E-state index contributed by atoms with van der Waals surface area (Å²) >= 11 is 0. The maximum absolute atomic E-state index is 11.3. The van der Waals surface area contributed by atoms with E-state index in [2.05, 4.69) is 10.6 Å². The summed E-state index contributed by atoms with van der Waals surface area (Å²) in [5.41, 5.74) is 1.70. The highest BCUT2D eigenvalue weighted by molar-refractivity contribution is 5.94. The third-order valence-electron chi connectivity index (χ3n) is 2.38. The lowest BCUT2D eigenvalue weighted by Crippen LogP contribution is -2.40. The SMILES string of the molecule is CNC(=O)c1ccc(NC2COC2)cc1. The van der Waals surface area contributed by atoms with Crippen LogP contribution in [-0.4, -0.2) is 32.2 Å². The fourth-order valence-electron chi connectivity index (χ4n) is 1.42. The van der Waals surface area contributed by atoms with Crippen molar-refractivity contribution in [3.8, 4) is 0 Å². The van der Waals surface area contributed by atoms with E-state index in [9.17, 15) is 4.79 Å². The van der Waals surface area contributed by atoms with Crippen molar-refractivity contribution >= 4 is 11.6 Å². The lowest BCUT2D eigenvalue weighted by molar-refractivity contribution is 0.0211. The molecule has 0 unspecified atom stereocenters. The van der Waals surface area contributed by atoms with E-state index < -0.39 is 0 Å². The second-order valence-corrected chi connectivity index (χ2v) is 3.54. The zero-order chi connectivity index (χ0) is 10.7. The largest absolute Gasteiger partial charge is 0.378 e. The summed E-state index contributed by atoms with van der Waals surface area (Å²) in [5.74, 6) is -0.0615. The van der Waals surface area contributed by atoms with Gasteiger partial charge in [-0.25, -0.2) is 0 Å². The first-order chi connectivity index (χ1) is 7.29. The first kappa shape index (κ1) is 9.98. The molecule has 1 aliphatic heterocycles. The van der Waals surface area contributed by atoms with E-state index in [1.54, 1.807) is 19.2 Å². The van der Waals surface area contributed by atoms with E-state index in [1.807, 2.05) is 12.1 Å². The Kier molecular flexibility index (Phi) is 2.87. The molecule has 0 radical (unpaired) electrons. The number of anilines is 1. The first-order valence-corrected chi connectivity index (χ1v) is 4.96. The Morgan fingerprint density at radius 3 is 2.47 bits per heavy atom. The molecule has 2 rings (SSSR count). The summed E-state index contributed by atoms with van der Waals surface area (Å²) in [5, 5.41) is 5.89. The molecule has 0 aliphatic carbocycles. The van der Waals surface area contributed by atoms with Gasteiger partial charge >= 0.3 is 0 Å². The molecule has 1 saturated heterocycles. The van der Waals surface area contributed by atoms with Crippen molar-refractivity contribution in [2.24, 2.45) is 0 Å². The van der Waals surface area contributed by atoms with Crippen molar-refractivity contribution in [3.05, 3.63) is 29.8 Å². The van der Waals surface area contributed by atoms with Gasteiger partial charge in [-0.05, 0) is 24.3 Å². The molecule has 2 N–H and O–H groups in total. The third kappa shape index (κ3) is 2.27. The average Bonchev–Trinajstić information content (AvgIpc) is 2.23. The summed E-state index contributed by atoms with van der Waals surface area (Å²) in [4.78, 5) is 11.3. The normalized spacial score (nSPS) is 15.5. The van der Waals surface area contributed by atoms with Crippen LogP contribution in [0, 0.1) is 0 Å². The Bertz CT molecular complexity index is 344. The van der Waals surface area contributed by atoms with Crippen LogP contribution < -0.4 is 10.6 Å². The number of nitrogens with one attached hydrogen (secondary N) is 2. The second kappa shape index (κ2) is 4.31. The van der Waals surface area contributed by atoms with Crippen LogP contribution in [0.25, 0.3) is 0 Å². The van der Waals surface area contributed by atoms with Crippen molar-refractivity contribution in [1.29, 1.82) is 0 Å². The molecule has 15 heavy (non-hydrogen) atoms. The molecule has 80 valence electrons. The van der Waals surface area contributed by atoms with E-state index in [-0.39, 0.29) is 5.91 Å². The molecule has 1 fully saturated rings. The number of ether oxygens (including phenoxy) is 1. The number of benzene rings is 1. The van der Waals surface area contributed by atoms with Gasteiger partial charge in [0.25, 0.3) is 5.91 Å². The molecule has 4 nitrogen and oxygen atoms in total. The molecule has 0 saturated carbocycles. The Balaban J connectivity index is 1.99. The van der Waals surface area contributed by atoms with Gasteiger partial charge in [0.15, 0.2) is 0 Å². The summed E-state index contributed by atoms with van der Waals surface area (Å²) in [6.45, 7) is 1.52. The van der Waals surface area contributed by atoms with Gasteiger partial charge in [-0.1, -0.05) is 0 Å². The molecule has 0 bridgehead atoms. The van der Waals surface area contributed by atoms with Gasteiger partial charge in [0.2, 0.25) is 0 Å². The maximum Gasteiger partial charge on any atom is 0.251 e. The Morgan fingerprint density at radius 2 is 2.00 bits per heavy atom. The summed E-state index contributed by atoms with van der Waals surface area (Å²) < 4.78 is 5.06. The quantitative estimate of drug-likeness (QED) is 0.771. The van der Waals surface area contributed by atoms with Crippen LogP contribution in [0.15, 0.2) is 24.3 Å². The Hall–Kier alpha value is -1.55. The van der Waals surface area contributed by atoms with Crippen LogP contribution >= 0.6 is 0 Å². The van der Waals surface area contributed by atoms with Crippen LogP contribution in [0.4, 0.5) is 5.69 Å². The van der Waals surface area contributed by atoms with Crippen LogP contribution in [0.1, 0.15) is 10.4 Å². The molecular weight excluding hydrogens is 192 g/mol. The molecule has 4 heteroatoms. The van der Waals surface area contributed by atoms with Crippen LogP contribution in [-0.2, 0) is 4.74 Å². The van der Waals surface area contributed by atoms with Crippen LogP contribution in [0.3, 0.4) is 0 Å². The Morgan fingerprint density at radius 1 is 1.33 bits per heavy atom. The molecule has 0 atom stereocenters. The number of hydrogen-bond acceptors (Lipinski definition) is 3. The van der Waals surface area contributed by atoms with E-state index in [0.717, 1.165) is 18.9 Å². The third-order valence-corrected chi connectivity index (χ3v) is 2.38. The lowest BCUT2D eigenvalue weighted by atomic mass is 10.1. The van der Waals surface area contributed by atoms with Gasteiger partial charge in [-0.3, -0.25) is 4.79 Å². The smallest absolute Gasteiger partial charge is 0.251 e. The number of amides is 1. The Labute approximate surface area is 88.6 Å². The highest BCUT2D eigenvalue weighted by Crippen LogP contribution is 2.13. The fourth-order valence-corrected chi connectivity index (χ4v) is 1.42. The van der Waals surface area contributed by atoms with Crippen LogP contribution in [0.2, 0.25) is 0 Å². The molecular formula is C11H14N2O2. The minimum atomic E-state index is -0.0615.